The van der Waals surface area contributed by atoms with Crippen LogP contribution in [0.2, 0.25) is 0 Å². The molecule has 0 aromatic carbocycles. The van der Waals surface area contributed by atoms with Crippen LogP contribution in [0.1, 0.15) is 37.1 Å². The standard InChI is InChI=1S/C12H19NO3/c1-4-13(9-12(2,3)15)7-10-5-6-11(8-14)16-10/h5-6,8,15H,4,7,9H2,1-3H3. The molecule has 16 heavy (non-hydrogen) atoms. The predicted octanol–water partition coefficient (Wildman–Crippen LogP) is 1.68. The van der Waals surface area contributed by atoms with Gasteiger partial charge in [-0.2, -0.15) is 0 Å². The van der Waals surface area contributed by atoms with Crippen molar-refractivity contribution in [3.63, 3.8) is 0 Å². The van der Waals surface area contributed by atoms with Gasteiger partial charge in [0.1, 0.15) is 5.76 Å². The Morgan fingerprint density at radius 3 is 2.62 bits per heavy atom. The quantitative estimate of drug-likeness (QED) is 0.748. The predicted molar refractivity (Wildman–Crippen MR) is 61.3 cm³/mol. The minimum Gasteiger partial charge on any atom is -0.457 e. The normalized spacial score (nSPS) is 12.1. The Balaban J connectivity index is 2.59. The van der Waals surface area contributed by atoms with Crippen molar-refractivity contribution >= 4 is 6.29 Å². The molecule has 1 aromatic heterocycles. The lowest BCUT2D eigenvalue weighted by Gasteiger charge is -2.27. The molecule has 0 spiro atoms. The average molecular weight is 225 g/mol. The number of aldehydes is 1. The number of likely N-dealkylation sites (N-methyl/N-ethyl adjacent to an activating group) is 1. The van der Waals surface area contributed by atoms with Crippen LogP contribution in [0.3, 0.4) is 0 Å². The zero-order valence-corrected chi connectivity index (χ0v) is 10.1. The lowest BCUT2D eigenvalue weighted by atomic mass is 10.1. The molecule has 4 heteroatoms. The summed E-state index contributed by atoms with van der Waals surface area (Å²) in [5.74, 6) is 1.09. The van der Waals surface area contributed by atoms with Crippen LogP contribution in [-0.2, 0) is 6.54 Å². The van der Waals surface area contributed by atoms with Gasteiger partial charge in [0.15, 0.2) is 12.0 Å². The van der Waals surface area contributed by atoms with Crippen molar-refractivity contribution in [1.29, 1.82) is 0 Å². The van der Waals surface area contributed by atoms with E-state index in [0.29, 0.717) is 25.1 Å². The summed E-state index contributed by atoms with van der Waals surface area (Å²) < 4.78 is 5.29. The first-order chi connectivity index (χ1) is 7.44. The van der Waals surface area contributed by atoms with E-state index in [1.165, 1.54) is 0 Å². The largest absolute Gasteiger partial charge is 0.457 e. The Kier molecular flexibility index (Phi) is 4.26. The third-order valence-electron chi connectivity index (χ3n) is 2.24. The molecule has 0 aliphatic carbocycles. The fourth-order valence-corrected chi connectivity index (χ4v) is 1.59. The van der Waals surface area contributed by atoms with Gasteiger partial charge in [0.05, 0.1) is 12.1 Å². The van der Waals surface area contributed by atoms with Crippen LogP contribution < -0.4 is 0 Å². The number of hydrogen-bond acceptors (Lipinski definition) is 4. The van der Waals surface area contributed by atoms with Gasteiger partial charge in [-0.05, 0) is 32.5 Å². The van der Waals surface area contributed by atoms with Gasteiger partial charge in [0, 0.05) is 6.54 Å². The van der Waals surface area contributed by atoms with Crippen molar-refractivity contribution in [1.82, 2.24) is 4.90 Å². The van der Waals surface area contributed by atoms with E-state index in [2.05, 4.69) is 4.90 Å². The number of furan rings is 1. The first-order valence-corrected chi connectivity index (χ1v) is 5.43. The number of rotatable bonds is 6. The summed E-state index contributed by atoms with van der Waals surface area (Å²) in [6.45, 7) is 7.56. The molecule has 4 nitrogen and oxygen atoms in total. The van der Waals surface area contributed by atoms with Gasteiger partial charge in [-0.25, -0.2) is 0 Å². The molecule has 0 aliphatic heterocycles. The Morgan fingerprint density at radius 1 is 1.50 bits per heavy atom. The highest BCUT2D eigenvalue weighted by Crippen LogP contribution is 2.12. The topological polar surface area (TPSA) is 53.7 Å². The van der Waals surface area contributed by atoms with Crippen molar-refractivity contribution in [2.75, 3.05) is 13.1 Å². The molecule has 0 fully saturated rings. The molecule has 0 radical (unpaired) electrons. The molecule has 0 saturated carbocycles. The molecule has 0 saturated heterocycles. The van der Waals surface area contributed by atoms with Gasteiger partial charge in [0.25, 0.3) is 0 Å². The van der Waals surface area contributed by atoms with E-state index in [0.717, 1.165) is 12.3 Å². The maximum Gasteiger partial charge on any atom is 0.185 e. The number of carbonyl (C=O) groups excluding carboxylic acids is 1. The van der Waals surface area contributed by atoms with Crippen molar-refractivity contribution in [3.8, 4) is 0 Å². The number of carbonyl (C=O) groups is 1. The fourth-order valence-electron chi connectivity index (χ4n) is 1.59. The SMILES string of the molecule is CCN(Cc1ccc(C=O)o1)CC(C)(C)O. The molecule has 1 rings (SSSR count). The molecule has 0 amide bonds. The van der Waals surface area contributed by atoms with Crippen LogP contribution in [0.4, 0.5) is 0 Å². The highest BCUT2D eigenvalue weighted by molar-refractivity contribution is 5.70. The summed E-state index contributed by atoms with van der Waals surface area (Å²) in [5.41, 5.74) is -0.726. The third-order valence-corrected chi connectivity index (χ3v) is 2.24. The summed E-state index contributed by atoms with van der Waals surface area (Å²) >= 11 is 0. The molecule has 1 N–H and O–H groups in total. The summed E-state index contributed by atoms with van der Waals surface area (Å²) in [7, 11) is 0. The second-order valence-corrected chi connectivity index (χ2v) is 4.54. The Labute approximate surface area is 95.9 Å². The summed E-state index contributed by atoms with van der Waals surface area (Å²) in [4.78, 5) is 12.5. The van der Waals surface area contributed by atoms with Gasteiger partial charge in [-0.1, -0.05) is 6.92 Å². The molecule has 1 heterocycles. The van der Waals surface area contributed by atoms with Crippen molar-refractivity contribution in [2.45, 2.75) is 32.9 Å². The summed E-state index contributed by atoms with van der Waals surface area (Å²) in [6, 6.07) is 3.44. The van der Waals surface area contributed by atoms with Crippen molar-refractivity contribution in [2.24, 2.45) is 0 Å². The minimum absolute atomic E-state index is 0.342. The van der Waals surface area contributed by atoms with E-state index in [1.54, 1.807) is 26.0 Å². The molecular weight excluding hydrogens is 206 g/mol. The van der Waals surface area contributed by atoms with Gasteiger partial charge in [-0.15, -0.1) is 0 Å². The van der Waals surface area contributed by atoms with E-state index in [4.69, 9.17) is 4.42 Å². The van der Waals surface area contributed by atoms with Crippen LogP contribution in [0.25, 0.3) is 0 Å². The molecule has 0 bridgehead atoms. The van der Waals surface area contributed by atoms with E-state index in [1.807, 2.05) is 6.92 Å². The maximum atomic E-state index is 10.5. The highest BCUT2D eigenvalue weighted by atomic mass is 16.3. The highest BCUT2D eigenvalue weighted by Gasteiger charge is 2.18. The molecular formula is C12H19NO3. The second-order valence-electron chi connectivity index (χ2n) is 4.54. The Bertz CT molecular complexity index is 338. The third kappa shape index (κ3) is 4.16. The lowest BCUT2D eigenvalue weighted by Crippen LogP contribution is -2.38. The average Bonchev–Trinajstić information content (AvgIpc) is 2.62. The number of nitrogens with zero attached hydrogens (tertiary/aromatic N) is 1. The van der Waals surface area contributed by atoms with E-state index >= 15 is 0 Å². The number of hydrogen-bond donors (Lipinski definition) is 1. The first kappa shape index (κ1) is 12.9. The molecule has 0 aliphatic rings. The lowest BCUT2D eigenvalue weighted by molar-refractivity contribution is 0.0332. The zero-order valence-electron chi connectivity index (χ0n) is 10.1. The van der Waals surface area contributed by atoms with Crippen LogP contribution in [0.5, 0.6) is 0 Å². The van der Waals surface area contributed by atoms with Gasteiger partial charge in [-0.3, -0.25) is 9.69 Å². The Morgan fingerprint density at radius 2 is 2.19 bits per heavy atom. The first-order valence-electron chi connectivity index (χ1n) is 5.43. The van der Waals surface area contributed by atoms with Gasteiger partial charge in [0.2, 0.25) is 0 Å². The Hall–Kier alpha value is -1.13. The second kappa shape index (κ2) is 5.27. The van der Waals surface area contributed by atoms with Crippen LogP contribution in [0.15, 0.2) is 16.5 Å². The summed E-state index contributed by atoms with van der Waals surface area (Å²) in [5, 5.41) is 9.72. The van der Waals surface area contributed by atoms with E-state index in [9.17, 15) is 9.90 Å². The maximum absolute atomic E-state index is 10.5. The smallest absolute Gasteiger partial charge is 0.185 e. The van der Waals surface area contributed by atoms with Crippen LogP contribution in [-0.4, -0.2) is 35.0 Å². The van der Waals surface area contributed by atoms with E-state index < -0.39 is 5.60 Å². The molecule has 0 atom stereocenters. The van der Waals surface area contributed by atoms with Crippen LogP contribution >= 0.6 is 0 Å². The fraction of sp³-hybridized carbons (Fsp3) is 0.583. The van der Waals surface area contributed by atoms with E-state index in [-0.39, 0.29) is 0 Å². The zero-order chi connectivity index (χ0) is 12.2. The summed E-state index contributed by atoms with van der Waals surface area (Å²) in [6.07, 6.45) is 0.690. The molecule has 90 valence electrons. The molecule has 0 unspecified atom stereocenters. The number of aliphatic hydroxyl groups is 1. The van der Waals surface area contributed by atoms with Crippen LogP contribution in [0, 0.1) is 0 Å². The minimum atomic E-state index is -0.726. The van der Waals surface area contributed by atoms with Crippen molar-refractivity contribution in [3.05, 3.63) is 23.7 Å². The van der Waals surface area contributed by atoms with Crippen molar-refractivity contribution < 1.29 is 14.3 Å². The van der Waals surface area contributed by atoms with Gasteiger partial charge >= 0.3 is 0 Å². The van der Waals surface area contributed by atoms with Gasteiger partial charge < -0.3 is 9.52 Å². The molecule has 1 aromatic rings. The monoisotopic (exact) mass is 225 g/mol.